The Morgan fingerprint density at radius 3 is 2.50 bits per heavy atom. The Kier molecular flexibility index (Phi) is 3.00. The Hall–Kier alpha value is -1.23. The Labute approximate surface area is 83.4 Å². The van der Waals surface area contributed by atoms with Gasteiger partial charge < -0.3 is 0 Å². The van der Waals surface area contributed by atoms with Gasteiger partial charge in [0.05, 0.1) is 9.95 Å². The molecule has 1 aromatic carbocycles. The molecule has 0 heterocycles. The number of nitrogens with zero attached hydrogens (tertiary/aromatic N) is 1. The number of aryl methyl sites for hydroxylation is 1. The highest BCUT2D eigenvalue weighted by atomic mass is 35.5. The molecule has 0 saturated heterocycles. The molecular weight excluding hydrogens is 216 g/mol. The smallest absolute Gasteiger partial charge is 0.258 e. The van der Waals surface area contributed by atoms with Crippen LogP contribution in [0, 0.1) is 17.0 Å². The second-order valence-corrected chi connectivity index (χ2v) is 3.14. The predicted molar refractivity (Wildman–Crippen MR) is 47.8 cm³/mol. The summed E-state index contributed by atoms with van der Waals surface area (Å²) in [5.41, 5.74) is -0.877. The van der Waals surface area contributed by atoms with E-state index in [0.29, 0.717) is 5.56 Å². The largest absolute Gasteiger partial charge is 0.280 e. The minimum absolute atomic E-state index is 0.272. The van der Waals surface area contributed by atoms with E-state index >= 15 is 0 Å². The zero-order chi connectivity index (χ0) is 10.9. The minimum atomic E-state index is -2.94. The molecule has 6 heteroatoms. The monoisotopic (exact) mass is 221 g/mol. The molecule has 0 bridgehead atoms. The molecule has 0 fully saturated rings. The normalized spacial score (nSPS) is 10.6. The Bertz CT molecular complexity index is 382. The van der Waals surface area contributed by atoms with Crippen molar-refractivity contribution in [2.75, 3.05) is 0 Å². The van der Waals surface area contributed by atoms with E-state index in [4.69, 9.17) is 11.6 Å². The van der Waals surface area contributed by atoms with Gasteiger partial charge in [-0.2, -0.15) is 0 Å². The van der Waals surface area contributed by atoms with E-state index in [0.717, 1.165) is 6.07 Å². The van der Waals surface area contributed by atoms with Crippen molar-refractivity contribution in [2.24, 2.45) is 0 Å². The van der Waals surface area contributed by atoms with E-state index in [2.05, 4.69) is 0 Å². The van der Waals surface area contributed by atoms with Gasteiger partial charge in [0.2, 0.25) is 0 Å². The van der Waals surface area contributed by atoms with Gasteiger partial charge in [0.15, 0.2) is 0 Å². The highest BCUT2D eigenvalue weighted by Gasteiger charge is 2.25. The maximum absolute atomic E-state index is 12.4. The second kappa shape index (κ2) is 3.88. The zero-order valence-electron chi connectivity index (χ0n) is 7.13. The van der Waals surface area contributed by atoms with E-state index in [1.165, 1.54) is 6.07 Å². The number of rotatable bonds is 2. The zero-order valence-corrected chi connectivity index (χ0v) is 7.89. The van der Waals surface area contributed by atoms with Gasteiger partial charge in [0.25, 0.3) is 12.1 Å². The van der Waals surface area contributed by atoms with Crippen LogP contribution in [0.2, 0.25) is 5.02 Å². The quantitative estimate of drug-likeness (QED) is 0.567. The van der Waals surface area contributed by atoms with Crippen LogP contribution < -0.4 is 0 Å². The van der Waals surface area contributed by atoms with Gasteiger partial charge >= 0.3 is 0 Å². The van der Waals surface area contributed by atoms with Crippen LogP contribution in [0.25, 0.3) is 0 Å². The van der Waals surface area contributed by atoms with E-state index in [1.54, 1.807) is 6.92 Å². The first-order valence-electron chi connectivity index (χ1n) is 3.66. The molecule has 1 rings (SSSR count). The summed E-state index contributed by atoms with van der Waals surface area (Å²) < 4.78 is 24.8. The van der Waals surface area contributed by atoms with Crippen LogP contribution in [0.15, 0.2) is 12.1 Å². The lowest BCUT2D eigenvalue weighted by Gasteiger charge is -2.05. The van der Waals surface area contributed by atoms with Crippen molar-refractivity contribution in [1.82, 2.24) is 0 Å². The Morgan fingerprint density at radius 1 is 1.50 bits per heavy atom. The topological polar surface area (TPSA) is 43.1 Å². The number of nitro benzene ring substituents is 1. The Balaban J connectivity index is 3.44. The first-order valence-corrected chi connectivity index (χ1v) is 4.04. The highest BCUT2D eigenvalue weighted by molar-refractivity contribution is 6.31. The average Bonchev–Trinajstić information content (AvgIpc) is 2.01. The number of halogens is 3. The van der Waals surface area contributed by atoms with E-state index in [-0.39, 0.29) is 5.02 Å². The van der Waals surface area contributed by atoms with Crippen LogP contribution in [-0.2, 0) is 0 Å². The summed E-state index contributed by atoms with van der Waals surface area (Å²) in [5, 5.41) is 10.2. The highest BCUT2D eigenvalue weighted by Crippen LogP contribution is 2.35. The summed E-state index contributed by atoms with van der Waals surface area (Å²) in [4.78, 5) is 9.58. The predicted octanol–water partition coefficient (Wildman–Crippen LogP) is 3.49. The summed E-state index contributed by atoms with van der Waals surface area (Å²) >= 11 is 5.49. The van der Waals surface area contributed by atoms with E-state index in [1.807, 2.05) is 0 Å². The first-order chi connectivity index (χ1) is 6.43. The maximum atomic E-state index is 12.4. The molecule has 1 aromatic rings. The molecule has 0 aliphatic carbocycles. The van der Waals surface area contributed by atoms with Crippen molar-refractivity contribution in [1.29, 1.82) is 0 Å². The molecule has 76 valence electrons. The summed E-state index contributed by atoms with van der Waals surface area (Å²) in [6, 6.07) is 2.35. The van der Waals surface area contributed by atoms with Gasteiger partial charge in [-0.1, -0.05) is 11.6 Å². The molecule has 0 aliphatic heterocycles. The van der Waals surface area contributed by atoms with Crippen LogP contribution in [0.3, 0.4) is 0 Å². The molecule has 0 spiro atoms. The summed E-state index contributed by atoms with van der Waals surface area (Å²) in [5.74, 6) is 0. The SMILES string of the molecule is Cc1cc(Cl)c(C(F)F)c([N+](=O)[O-])c1. The standard InChI is InChI=1S/C8H6ClF2NO2/c1-4-2-5(9)7(8(10)11)6(3-4)12(13)14/h2-3,8H,1H3. The molecule has 0 radical (unpaired) electrons. The van der Waals surface area contributed by atoms with Gasteiger partial charge in [0, 0.05) is 6.07 Å². The molecule has 0 unspecified atom stereocenters. The van der Waals surface area contributed by atoms with Crippen LogP contribution in [0.4, 0.5) is 14.5 Å². The number of hydrogen-bond donors (Lipinski definition) is 0. The third kappa shape index (κ3) is 1.98. The first kappa shape index (κ1) is 10.8. The molecule has 3 nitrogen and oxygen atoms in total. The average molecular weight is 222 g/mol. The summed E-state index contributed by atoms with van der Waals surface area (Å²) in [6.07, 6.45) is -2.94. The van der Waals surface area contributed by atoms with Gasteiger partial charge in [-0.3, -0.25) is 10.1 Å². The molecule has 0 aliphatic rings. The molecule has 0 atom stereocenters. The van der Waals surface area contributed by atoms with E-state index in [9.17, 15) is 18.9 Å². The molecule has 14 heavy (non-hydrogen) atoms. The lowest BCUT2D eigenvalue weighted by Crippen LogP contribution is -1.97. The van der Waals surface area contributed by atoms with Crippen molar-refractivity contribution in [3.8, 4) is 0 Å². The van der Waals surface area contributed by atoms with Crippen molar-refractivity contribution < 1.29 is 13.7 Å². The number of hydrogen-bond acceptors (Lipinski definition) is 2. The summed E-state index contributed by atoms with van der Waals surface area (Å²) in [7, 11) is 0. The van der Waals surface area contributed by atoms with Gasteiger partial charge in [-0.15, -0.1) is 0 Å². The molecule has 0 saturated carbocycles. The van der Waals surface area contributed by atoms with Crippen molar-refractivity contribution in [3.63, 3.8) is 0 Å². The number of benzene rings is 1. The Morgan fingerprint density at radius 2 is 2.07 bits per heavy atom. The van der Waals surface area contributed by atoms with Crippen molar-refractivity contribution >= 4 is 17.3 Å². The third-order valence-electron chi connectivity index (χ3n) is 1.67. The molecule has 0 amide bonds. The third-order valence-corrected chi connectivity index (χ3v) is 1.98. The van der Waals surface area contributed by atoms with Crippen LogP contribution in [0.1, 0.15) is 17.6 Å². The minimum Gasteiger partial charge on any atom is -0.258 e. The molecule has 0 aromatic heterocycles. The van der Waals surface area contributed by atoms with Crippen molar-refractivity contribution in [2.45, 2.75) is 13.3 Å². The van der Waals surface area contributed by atoms with E-state index < -0.39 is 22.6 Å². The maximum Gasteiger partial charge on any atom is 0.280 e. The number of nitro groups is 1. The fraction of sp³-hybridized carbons (Fsp3) is 0.250. The van der Waals surface area contributed by atoms with Gasteiger partial charge in [-0.25, -0.2) is 8.78 Å². The van der Waals surface area contributed by atoms with Crippen LogP contribution >= 0.6 is 11.6 Å². The van der Waals surface area contributed by atoms with Gasteiger partial charge in [-0.05, 0) is 18.6 Å². The van der Waals surface area contributed by atoms with Crippen LogP contribution in [0.5, 0.6) is 0 Å². The lowest BCUT2D eigenvalue weighted by molar-refractivity contribution is -0.386. The van der Waals surface area contributed by atoms with Gasteiger partial charge in [0.1, 0.15) is 5.56 Å². The lowest BCUT2D eigenvalue weighted by atomic mass is 10.1. The summed E-state index contributed by atoms with van der Waals surface area (Å²) in [6.45, 7) is 1.55. The second-order valence-electron chi connectivity index (χ2n) is 2.74. The fourth-order valence-electron chi connectivity index (χ4n) is 1.10. The molecule has 0 N–H and O–H groups in total. The number of alkyl halides is 2. The van der Waals surface area contributed by atoms with Crippen LogP contribution in [-0.4, -0.2) is 4.92 Å². The molecular formula is C8H6ClF2NO2. The van der Waals surface area contributed by atoms with Crippen molar-refractivity contribution in [3.05, 3.63) is 38.4 Å². The fourth-order valence-corrected chi connectivity index (χ4v) is 1.45.